The van der Waals surface area contributed by atoms with Crippen LogP contribution in [0.1, 0.15) is 37.2 Å². The Morgan fingerprint density at radius 3 is 2.88 bits per heavy atom. The Balaban J connectivity index is 1.66. The number of rotatable bonds is 4. The maximum absolute atomic E-state index is 12.8. The van der Waals surface area contributed by atoms with Gasteiger partial charge in [-0.3, -0.25) is 9.48 Å². The molecule has 1 aromatic heterocycles. The van der Waals surface area contributed by atoms with E-state index in [2.05, 4.69) is 15.6 Å². The number of amides is 1. The second-order valence-electron chi connectivity index (χ2n) is 7.33. The van der Waals surface area contributed by atoms with Crippen molar-refractivity contribution in [2.75, 3.05) is 0 Å². The summed E-state index contributed by atoms with van der Waals surface area (Å²) in [5, 5.41) is 12.6. The summed E-state index contributed by atoms with van der Waals surface area (Å²) in [6.07, 6.45) is 2.92. The molecule has 134 valence electrons. The molecule has 7 heteroatoms. The number of nitrogens with zero attached hydrogens (tertiary/aromatic N) is 3. The Kier molecular flexibility index (Phi) is 5.07. The number of hydrogen-bond donors (Lipinski definition) is 1. The van der Waals surface area contributed by atoms with Crippen LogP contribution in [0.2, 0.25) is 10.0 Å². The third kappa shape index (κ3) is 4.15. The quantitative estimate of drug-likeness (QED) is 0.884. The van der Waals surface area contributed by atoms with E-state index in [1.165, 1.54) is 0 Å². The molecule has 1 N–H and O–H groups in total. The lowest BCUT2D eigenvalue weighted by Gasteiger charge is -2.30. The van der Waals surface area contributed by atoms with Gasteiger partial charge in [0.05, 0.1) is 11.4 Å². The molecule has 0 bridgehead atoms. The van der Waals surface area contributed by atoms with Crippen LogP contribution in [0.5, 0.6) is 0 Å². The van der Waals surface area contributed by atoms with Gasteiger partial charge in [-0.2, -0.15) is 0 Å². The van der Waals surface area contributed by atoms with Crippen molar-refractivity contribution >= 4 is 29.1 Å². The normalized spacial score (nSPS) is 17.2. The van der Waals surface area contributed by atoms with Crippen molar-refractivity contribution in [3.8, 4) is 0 Å². The van der Waals surface area contributed by atoms with E-state index >= 15 is 0 Å². The first-order chi connectivity index (χ1) is 11.7. The van der Waals surface area contributed by atoms with Gasteiger partial charge in [-0.1, -0.05) is 34.5 Å². The molecule has 1 heterocycles. The Labute approximate surface area is 157 Å². The van der Waals surface area contributed by atoms with E-state index in [0.717, 1.165) is 29.8 Å². The van der Waals surface area contributed by atoms with E-state index in [1.807, 2.05) is 33.0 Å². The standard InChI is InChI=1S/C18H22Cl2N4O/c1-18(2,10-12-4-6-13(19)9-14(12)20)21-17(25)11-5-7-15-16(8-11)24(3)23-22-15/h4,6,9,11H,5,7-8,10H2,1-3H3,(H,21,25)/t11-/m1/s1. The highest BCUT2D eigenvalue weighted by Crippen LogP contribution is 2.27. The first-order valence-electron chi connectivity index (χ1n) is 8.38. The zero-order valence-electron chi connectivity index (χ0n) is 14.6. The van der Waals surface area contributed by atoms with Crippen molar-refractivity contribution in [3.63, 3.8) is 0 Å². The summed E-state index contributed by atoms with van der Waals surface area (Å²) in [6, 6.07) is 5.46. The molecule has 2 aromatic rings. The lowest BCUT2D eigenvalue weighted by Crippen LogP contribution is -2.48. The van der Waals surface area contributed by atoms with Crippen LogP contribution >= 0.6 is 23.2 Å². The highest BCUT2D eigenvalue weighted by atomic mass is 35.5. The average molecular weight is 381 g/mol. The van der Waals surface area contributed by atoms with Gasteiger partial charge in [0.15, 0.2) is 0 Å². The molecule has 0 saturated carbocycles. The van der Waals surface area contributed by atoms with Crippen molar-refractivity contribution in [3.05, 3.63) is 45.2 Å². The fraction of sp³-hybridized carbons (Fsp3) is 0.500. The average Bonchev–Trinajstić information content (AvgIpc) is 2.90. The van der Waals surface area contributed by atoms with Crippen LogP contribution in [-0.2, 0) is 31.1 Å². The number of benzene rings is 1. The van der Waals surface area contributed by atoms with E-state index in [-0.39, 0.29) is 11.8 Å². The van der Waals surface area contributed by atoms with Crippen molar-refractivity contribution in [2.24, 2.45) is 13.0 Å². The fourth-order valence-electron chi connectivity index (χ4n) is 3.35. The second kappa shape index (κ2) is 6.96. The van der Waals surface area contributed by atoms with Crippen LogP contribution in [0.3, 0.4) is 0 Å². The molecule has 1 aliphatic carbocycles. The van der Waals surface area contributed by atoms with Crippen LogP contribution < -0.4 is 5.32 Å². The summed E-state index contributed by atoms with van der Waals surface area (Å²) in [6.45, 7) is 4.02. The van der Waals surface area contributed by atoms with Crippen molar-refractivity contribution < 1.29 is 4.79 Å². The van der Waals surface area contributed by atoms with E-state index < -0.39 is 5.54 Å². The number of aryl methyl sites for hydroxylation is 2. The number of aromatic nitrogens is 3. The van der Waals surface area contributed by atoms with Crippen molar-refractivity contribution in [2.45, 2.75) is 45.1 Å². The second-order valence-corrected chi connectivity index (χ2v) is 8.18. The number of fused-ring (bicyclic) bond motifs is 1. The van der Waals surface area contributed by atoms with Crippen LogP contribution in [0, 0.1) is 5.92 Å². The van der Waals surface area contributed by atoms with Gasteiger partial charge in [-0.25, -0.2) is 0 Å². The first-order valence-corrected chi connectivity index (χ1v) is 9.14. The van der Waals surface area contributed by atoms with Gasteiger partial charge in [-0.15, -0.1) is 5.10 Å². The summed E-state index contributed by atoms with van der Waals surface area (Å²) < 4.78 is 1.77. The molecule has 1 aliphatic rings. The van der Waals surface area contributed by atoms with E-state index in [4.69, 9.17) is 23.2 Å². The monoisotopic (exact) mass is 380 g/mol. The summed E-state index contributed by atoms with van der Waals surface area (Å²) in [7, 11) is 1.87. The van der Waals surface area contributed by atoms with E-state index in [1.54, 1.807) is 10.7 Å². The van der Waals surface area contributed by atoms with Crippen molar-refractivity contribution in [1.29, 1.82) is 0 Å². The lowest BCUT2D eigenvalue weighted by molar-refractivity contribution is -0.127. The number of halogens is 2. The third-order valence-electron chi connectivity index (χ3n) is 4.67. The Hall–Kier alpha value is -1.59. The molecule has 1 amide bonds. The summed E-state index contributed by atoms with van der Waals surface area (Å²) in [4.78, 5) is 12.8. The minimum atomic E-state index is -0.403. The van der Waals surface area contributed by atoms with Gasteiger partial charge in [0, 0.05) is 35.0 Å². The van der Waals surface area contributed by atoms with Crippen LogP contribution in [0.25, 0.3) is 0 Å². The molecule has 0 radical (unpaired) electrons. The molecular weight excluding hydrogens is 359 g/mol. The zero-order valence-corrected chi connectivity index (χ0v) is 16.2. The van der Waals surface area contributed by atoms with Crippen LogP contribution in [0.4, 0.5) is 0 Å². The molecule has 5 nitrogen and oxygen atoms in total. The number of nitrogens with one attached hydrogen (secondary N) is 1. The molecule has 0 saturated heterocycles. The SMILES string of the molecule is Cn1nnc2c1C[C@H](C(=O)NC(C)(C)Cc1ccc(Cl)cc1Cl)CC2. The first kappa shape index (κ1) is 18.2. The molecule has 0 aliphatic heterocycles. The Morgan fingerprint density at radius 2 is 2.16 bits per heavy atom. The number of hydrogen-bond acceptors (Lipinski definition) is 3. The van der Waals surface area contributed by atoms with E-state index in [9.17, 15) is 4.79 Å². The molecule has 25 heavy (non-hydrogen) atoms. The minimum Gasteiger partial charge on any atom is -0.351 e. The largest absolute Gasteiger partial charge is 0.351 e. The zero-order chi connectivity index (χ0) is 18.2. The highest BCUT2D eigenvalue weighted by Gasteiger charge is 2.31. The molecule has 0 fully saturated rings. The molecular formula is C18H22Cl2N4O. The maximum Gasteiger partial charge on any atom is 0.223 e. The maximum atomic E-state index is 12.8. The summed E-state index contributed by atoms with van der Waals surface area (Å²) >= 11 is 12.2. The number of carbonyl (C=O) groups is 1. The van der Waals surface area contributed by atoms with Crippen LogP contribution in [0.15, 0.2) is 18.2 Å². The third-order valence-corrected chi connectivity index (χ3v) is 5.26. The van der Waals surface area contributed by atoms with Gasteiger partial charge in [0.25, 0.3) is 0 Å². The predicted octanol–water partition coefficient (Wildman–Crippen LogP) is 3.36. The van der Waals surface area contributed by atoms with E-state index in [0.29, 0.717) is 22.9 Å². The van der Waals surface area contributed by atoms with Gasteiger partial charge in [-0.05, 0) is 50.8 Å². The van der Waals surface area contributed by atoms with Gasteiger partial charge in [0.1, 0.15) is 0 Å². The smallest absolute Gasteiger partial charge is 0.223 e. The number of carbonyl (C=O) groups excluding carboxylic acids is 1. The van der Waals surface area contributed by atoms with Gasteiger partial charge in [0.2, 0.25) is 5.91 Å². The van der Waals surface area contributed by atoms with Gasteiger partial charge < -0.3 is 5.32 Å². The molecule has 1 aromatic carbocycles. The Bertz CT molecular complexity index is 800. The molecule has 3 rings (SSSR count). The topological polar surface area (TPSA) is 59.8 Å². The van der Waals surface area contributed by atoms with Crippen molar-refractivity contribution in [1.82, 2.24) is 20.3 Å². The predicted molar refractivity (Wildman–Crippen MR) is 98.9 cm³/mol. The molecule has 0 spiro atoms. The van der Waals surface area contributed by atoms with Crippen LogP contribution in [-0.4, -0.2) is 26.4 Å². The van der Waals surface area contributed by atoms with Gasteiger partial charge >= 0.3 is 0 Å². The highest BCUT2D eigenvalue weighted by molar-refractivity contribution is 6.35. The molecule has 1 atom stereocenters. The fourth-order valence-corrected chi connectivity index (χ4v) is 3.83. The lowest BCUT2D eigenvalue weighted by atomic mass is 9.87. The Morgan fingerprint density at radius 1 is 1.40 bits per heavy atom. The molecule has 0 unspecified atom stereocenters. The summed E-state index contributed by atoms with van der Waals surface area (Å²) in [5.74, 6) is 0.0200. The summed E-state index contributed by atoms with van der Waals surface area (Å²) in [5.41, 5.74) is 2.64. The minimum absolute atomic E-state index is 0.0512.